The number of benzene rings is 4. The van der Waals surface area contributed by atoms with Crippen LogP contribution >= 0.6 is 0 Å². The van der Waals surface area contributed by atoms with E-state index >= 15 is 0 Å². The van der Waals surface area contributed by atoms with Gasteiger partial charge in [-0.15, -0.1) is 10.2 Å². The highest BCUT2D eigenvalue weighted by molar-refractivity contribution is 5.85. The zero-order valence-corrected chi connectivity index (χ0v) is 48.3. The summed E-state index contributed by atoms with van der Waals surface area (Å²) < 4.78 is 48.0. The van der Waals surface area contributed by atoms with Crippen molar-refractivity contribution in [1.82, 2.24) is 39.8 Å². The number of unbranched alkanes of at least 4 members (excludes halogenated alkanes) is 3. The van der Waals surface area contributed by atoms with Crippen LogP contribution in [0.15, 0.2) is 97.3 Å². The number of hydrogen-bond acceptors (Lipinski definition) is 16. The van der Waals surface area contributed by atoms with Crippen LogP contribution in [0.25, 0.3) is 0 Å². The standard InChI is InChI=1S/C60H80N10O12/c1-45-33-46(2)36-53(35-45)61-59(73)79-31-29-77-27-25-75-23-21-69-41-55(63-65-69)43-81-57-15-11-51(12-16-57)39-67(49(5)71)19-9-7-8-10-20-68(50(6)72)40-52-13-17-58(18-14-52)82-44-56-42-70(66-64-56)22-24-76-26-28-78-30-32-80-60(74)62-54-37-47(3)34-48(4)38-54/h11-18,33-38,41-42H,7-10,19-32,39-40,43-44H2,1-6H3,(H,61,73)(H,62,74). The van der Waals surface area contributed by atoms with Crippen molar-refractivity contribution in [2.45, 2.75) is 107 Å². The van der Waals surface area contributed by atoms with E-state index in [9.17, 15) is 19.2 Å². The van der Waals surface area contributed by atoms with Crippen molar-refractivity contribution in [3.63, 3.8) is 0 Å². The minimum absolute atomic E-state index is 0.0155. The second kappa shape index (κ2) is 35.1. The summed E-state index contributed by atoms with van der Waals surface area (Å²) in [6.45, 7) is 18.0. The van der Waals surface area contributed by atoms with E-state index in [0.717, 1.165) is 59.1 Å². The summed E-state index contributed by atoms with van der Waals surface area (Å²) >= 11 is 0. The summed E-state index contributed by atoms with van der Waals surface area (Å²) in [7, 11) is 0. The Balaban J connectivity index is 0.754. The molecule has 442 valence electrons. The maximum absolute atomic E-state index is 12.6. The summed E-state index contributed by atoms with van der Waals surface area (Å²) in [5.74, 6) is 1.39. The van der Waals surface area contributed by atoms with Gasteiger partial charge in [-0.05, 0) is 122 Å². The molecular formula is C60H80N10O12. The number of carbonyl (C=O) groups excluding carboxylic acids is 4. The van der Waals surface area contributed by atoms with Gasteiger partial charge in [0.2, 0.25) is 11.8 Å². The van der Waals surface area contributed by atoms with E-state index in [1.54, 1.807) is 23.2 Å². The highest BCUT2D eigenvalue weighted by Gasteiger charge is 2.14. The molecule has 0 unspecified atom stereocenters. The fourth-order valence-electron chi connectivity index (χ4n) is 8.57. The predicted octanol–water partition coefficient (Wildman–Crippen LogP) is 8.78. The van der Waals surface area contributed by atoms with Crippen molar-refractivity contribution in [3.05, 3.63) is 142 Å². The lowest BCUT2D eigenvalue weighted by Crippen LogP contribution is -2.30. The first-order chi connectivity index (χ1) is 39.7. The van der Waals surface area contributed by atoms with E-state index in [0.29, 0.717) is 113 Å². The van der Waals surface area contributed by atoms with E-state index in [2.05, 4.69) is 31.3 Å². The number of hydrogen-bond donors (Lipinski definition) is 2. The molecule has 0 aliphatic carbocycles. The summed E-state index contributed by atoms with van der Waals surface area (Å²) in [6, 6.07) is 27.0. The van der Waals surface area contributed by atoms with Gasteiger partial charge in [-0.3, -0.25) is 20.2 Å². The first-order valence-corrected chi connectivity index (χ1v) is 27.8. The van der Waals surface area contributed by atoms with E-state index in [1.165, 1.54) is 0 Å². The largest absolute Gasteiger partial charge is 0.487 e. The molecule has 2 aromatic heterocycles. The topological polar surface area (TPSA) is 234 Å². The average molecular weight is 1130 g/mol. The normalized spacial score (nSPS) is 11.0. The molecule has 0 radical (unpaired) electrons. The number of nitrogens with zero attached hydrogens (tertiary/aromatic N) is 8. The molecule has 4 aromatic carbocycles. The number of carbonyl (C=O) groups is 4. The Morgan fingerprint density at radius 1 is 0.463 bits per heavy atom. The molecule has 0 saturated heterocycles. The van der Waals surface area contributed by atoms with Gasteiger partial charge in [0.05, 0.1) is 78.3 Å². The van der Waals surface area contributed by atoms with Crippen LogP contribution in [0.3, 0.4) is 0 Å². The highest BCUT2D eigenvalue weighted by Crippen LogP contribution is 2.19. The Morgan fingerprint density at radius 2 is 0.817 bits per heavy atom. The molecule has 0 fully saturated rings. The van der Waals surface area contributed by atoms with Gasteiger partial charge in [0.25, 0.3) is 0 Å². The van der Waals surface area contributed by atoms with Crippen molar-refractivity contribution >= 4 is 35.4 Å². The predicted molar refractivity (Wildman–Crippen MR) is 307 cm³/mol. The molecule has 6 rings (SSSR count). The van der Waals surface area contributed by atoms with E-state index in [1.807, 2.05) is 135 Å². The van der Waals surface area contributed by atoms with E-state index < -0.39 is 12.2 Å². The lowest BCUT2D eigenvalue weighted by atomic mass is 10.1. The fraction of sp³-hybridized carbons (Fsp3) is 0.467. The number of nitrogens with one attached hydrogen (secondary N) is 2. The zero-order chi connectivity index (χ0) is 58.3. The summed E-state index contributed by atoms with van der Waals surface area (Å²) in [6.07, 6.45) is 6.17. The Hall–Kier alpha value is -7.92. The molecule has 0 atom stereocenters. The lowest BCUT2D eigenvalue weighted by Gasteiger charge is -2.22. The minimum Gasteiger partial charge on any atom is -0.487 e. The van der Waals surface area contributed by atoms with Gasteiger partial charge < -0.3 is 47.7 Å². The molecule has 82 heavy (non-hydrogen) atoms. The second-order valence-corrected chi connectivity index (χ2v) is 19.8. The van der Waals surface area contributed by atoms with E-state index in [4.69, 9.17) is 37.9 Å². The third-order valence-electron chi connectivity index (χ3n) is 12.6. The van der Waals surface area contributed by atoms with E-state index in [-0.39, 0.29) is 51.5 Å². The highest BCUT2D eigenvalue weighted by atomic mass is 16.6. The minimum atomic E-state index is -0.524. The van der Waals surface area contributed by atoms with Gasteiger partial charge in [0, 0.05) is 51.4 Å². The Bertz CT molecular complexity index is 2650. The average Bonchev–Trinajstić information content (AvgIpc) is 4.13. The van der Waals surface area contributed by atoms with Gasteiger partial charge in [-0.2, -0.15) is 0 Å². The molecule has 0 bridgehead atoms. The first-order valence-electron chi connectivity index (χ1n) is 27.8. The van der Waals surface area contributed by atoms with Crippen LogP contribution in [-0.4, -0.2) is 143 Å². The number of aromatic nitrogens is 6. The molecular weight excluding hydrogens is 1050 g/mol. The van der Waals surface area contributed by atoms with Gasteiger partial charge >= 0.3 is 12.2 Å². The zero-order valence-electron chi connectivity index (χ0n) is 48.3. The van der Waals surface area contributed by atoms with Crippen molar-refractivity contribution in [1.29, 1.82) is 0 Å². The second-order valence-electron chi connectivity index (χ2n) is 19.8. The third-order valence-corrected chi connectivity index (χ3v) is 12.6. The van der Waals surface area contributed by atoms with Crippen molar-refractivity contribution in [2.75, 3.05) is 89.8 Å². The summed E-state index contributed by atoms with van der Waals surface area (Å²) in [5, 5.41) is 22.2. The smallest absolute Gasteiger partial charge is 0.411 e. The molecule has 2 heterocycles. The molecule has 6 aromatic rings. The number of rotatable bonds is 37. The van der Waals surface area contributed by atoms with Gasteiger partial charge in [0.1, 0.15) is 49.3 Å². The lowest BCUT2D eigenvalue weighted by molar-refractivity contribution is -0.130. The number of anilines is 2. The van der Waals surface area contributed by atoms with Crippen LogP contribution in [0.2, 0.25) is 0 Å². The molecule has 22 nitrogen and oxygen atoms in total. The SMILES string of the molecule is CC(=O)N(CCCCCCN(Cc1ccc(OCc2cn(CCOCCOCCOC(=O)Nc3cc(C)cc(C)c3)nn2)cc1)C(C)=O)Cc1ccc(OCc2cn(CCOCCOCCOC(=O)Nc3cc(C)cc(C)c3)nn2)cc1. The molecule has 0 saturated carbocycles. The Morgan fingerprint density at radius 3 is 1.18 bits per heavy atom. The number of aryl methyl sites for hydroxylation is 4. The van der Waals surface area contributed by atoms with Gasteiger partial charge in [0.15, 0.2) is 0 Å². The Kier molecular flexibility index (Phi) is 27.0. The molecule has 0 aliphatic rings. The maximum Gasteiger partial charge on any atom is 0.411 e. The summed E-state index contributed by atoms with van der Waals surface area (Å²) in [4.78, 5) is 53.0. The van der Waals surface area contributed by atoms with Crippen molar-refractivity contribution in [3.8, 4) is 11.5 Å². The van der Waals surface area contributed by atoms with Crippen LogP contribution < -0.4 is 20.1 Å². The van der Waals surface area contributed by atoms with Crippen LogP contribution in [-0.2, 0) is 77.4 Å². The first kappa shape index (κ1) is 63.3. The number of amides is 4. The molecule has 2 N–H and O–H groups in total. The van der Waals surface area contributed by atoms with Crippen LogP contribution in [0.4, 0.5) is 21.0 Å². The number of ether oxygens (including phenoxy) is 8. The van der Waals surface area contributed by atoms with Crippen LogP contribution in [0, 0.1) is 27.7 Å². The fourth-order valence-corrected chi connectivity index (χ4v) is 8.57. The van der Waals surface area contributed by atoms with Gasteiger partial charge in [-0.25, -0.2) is 19.0 Å². The van der Waals surface area contributed by atoms with Crippen molar-refractivity contribution < 1.29 is 57.1 Å². The van der Waals surface area contributed by atoms with Gasteiger partial charge in [-0.1, -0.05) is 59.7 Å². The third kappa shape index (κ3) is 24.8. The van der Waals surface area contributed by atoms with Crippen LogP contribution in [0.5, 0.6) is 11.5 Å². The summed E-state index contributed by atoms with van der Waals surface area (Å²) in [5.41, 5.74) is 8.98. The monoisotopic (exact) mass is 1130 g/mol. The molecule has 0 aliphatic heterocycles. The quantitative estimate of drug-likeness (QED) is 0.0347. The maximum atomic E-state index is 12.6. The van der Waals surface area contributed by atoms with Crippen LogP contribution in [0.1, 0.15) is 84.3 Å². The molecule has 0 spiro atoms. The Labute approximate surface area is 480 Å². The molecule has 22 heteroatoms. The van der Waals surface area contributed by atoms with Crippen molar-refractivity contribution in [2.24, 2.45) is 0 Å². The molecule has 4 amide bonds.